The van der Waals surface area contributed by atoms with Crippen LogP contribution in [0, 0.1) is 0 Å². The number of rotatable bonds is 7. The molecule has 2 aromatic heterocycles. The molecule has 0 spiro atoms. The fraction of sp³-hybridized carbons (Fsp3) is 0.200. The van der Waals surface area contributed by atoms with Gasteiger partial charge in [0.05, 0.1) is 61.6 Å². The van der Waals surface area contributed by atoms with Crippen LogP contribution in [0.2, 0.25) is 0 Å². The van der Waals surface area contributed by atoms with Crippen molar-refractivity contribution in [1.29, 1.82) is 0 Å². The van der Waals surface area contributed by atoms with Gasteiger partial charge in [0.15, 0.2) is 0 Å². The minimum atomic E-state index is -0.365. The van der Waals surface area contributed by atoms with E-state index < -0.39 is 0 Å². The highest BCUT2D eigenvalue weighted by Gasteiger charge is 2.30. The lowest BCUT2D eigenvalue weighted by atomic mass is 10.2. The fourth-order valence-corrected chi connectivity index (χ4v) is 5.17. The summed E-state index contributed by atoms with van der Waals surface area (Å²) in [6, 6.07) is 26.5. The number of esters is 2. The van der Waals surface area contributed by atoms with Crippen LogP contribution in [0.3, 0.4) is 0 Å². The smallest absolute Gasteiger partial charge is 0.337 e. The Morgan fingerprint density at radius 3 is 1.73 bits per heavy atom. The van der Waals surface area contributed by atoms with Gasteiger partial charge in [0.25, 0.3) is 0 Å². The second-order valence-electron chi connectivity index (χ2n) is 10.5. The fourth-order valence-electron chi connectivity index (χ4n) is 5.17. The van der Waals surface area contributed by atoms with E-state index in [0.29, 0.717) is 17.0 Å². The molecule has 7 rings (SSSR count). The molecular weight excluding hydrogens is 572 g/mol. The Morgan fingerprint density at radius 1 is 0.667 bits per heavy atom. The SMILES string of the molecule is COC(=O)c1ccc2c(c1)nc(C1CC1)n2-c1ccc(OC)cc1.COC(=O)c1ccc2c(c1)ncn2-c1ccc(OC)cc1. The number of imidazole rings is 2. The molecule has 2 heterocycles. The summed E-state index contributed by atoms with van der Waals surface area (Å²) in [4.78, 5) is 32.4. The van der Waals surface area contributed by atoms with Crippen LogP contribution in [0.25, 0.3) is 33.4 Å². The number of hydrogen-bond donors (Lipinski definition) is 0. The van der Waals surface area contributed by atoms with Crippen molar-refractivity contribution in [2.75, 3.05) is 28.4 Å². The Bertz CT molecular complexity index is 1990. The maximum atomic E-state index is 11.8. The van der Waals surface area contributed by atoms with E-state index in [4.69, 9.17) is 23.9 Å². The summed E-state index contributed by atoms with van der Waals surface area (Å²) in [6.45, 7) is 0. The number of fused-ring (bicyclic) bond motifs is 2. The second kappa shape index (κ2) is 12.5. The average molecular weight is 605 g/mol. The van der Waals surface area contributed by atoms with Gasteiger partial charge in [0, 0.05) is 17.3 Å². The molecule has 0 saturated heterocycles. The summed E-state index contributed by atoms with van der Waals surface area (Å²) in [5.41, 5.74) is 6.51. The Kier molecular flexibility index (Phi) is 8.20. The maximum absolute atomic E-state index is 11.8. The first kappa shape index (κ1) is 29.4. The molecule has 4 aromatic carbocycles. The lowest BCUT2D eigenvalue weighted by Crippen LogP contribution is -2.01. The Morgan fingerprint density at radius 2 is 1.20 bits per heavy atom. The number of aromatic nitrogens is 4. The van der Waals surface area contributed by atoms with Crippen LogP contribution in [-0.2, 0) is 9.47 Å². The minimum Gasteiger partial charge on any atom is -0.497 e. The molecule has 0 N–H and O–H groups in total. The lowest BCUT2D eigenvalue weighted by Gasteiger charge is -2.10. The molecule has 10 heteroatoms. The first-order valence-corrected chi connectivity index (χ1v) is 14.4. The average Bonchev–Trinajstić information content (AvgIpc) is 3.75. The van der Waals surface area contributed by atoms with E-state index in [1.807, 2.05) is 65.2 Å². The van der Waals surface area contributed by atoms with Crippen LogP contribution >= 0.6 is 0 Å². The van der Waals surface area contributed by atoms with Crippen LogP contribution in [0.15, 0.2) is 91.3 Å². The van der Waals surface area contributed by atoms with Crippen LogP contribution in [0.1, 0.15) is 45.3 Å². The van der Waals surface area contributed by atoms with Crippen molar-refractivity contribution in [3.63, 3.8) is 0 Å². The zero-order chi connectivity index (χ0) is 31.5. The van der Waals surface area contributed by atoms with Crippen LogP contribution in [0.5, 0.6) is 11.5 Å². The second-order valence-corrected chi connectivity index (χ2v) is 10.5. The zero-order valence-corrected chi connectivity index (χ0v) is 25.4. The monoisotopic (exact) mass is 604 g/mol. The molecule has 1 aliphatic carbocycles. The summed E-state index contributed by atoms with van der Waals surface area (Å²) in [6.07, 6.45) is 4.04. The highest BCUT2D eigenvalue weighted by atomic mass is 16.5. The van der Waals surface area contributed by atoms with Crippen molar-refractivity contribution >= 4 is 34.0 Å². The van der Waals surface area contributed by atoms with E-state index >= 15 is 0 Å². The van der Waals surface area contributed by atoms with Crippen molar-refractivity contribution < 1.29 is 28.5 Å². The normalized spacial score (nSPS) is 12.4. The molecule has 0 atom stereocenters. The minimum absolute atomic E-state index is 0.344. The van der Waals surface area contributed by atoms with E-state index in [-0.39, 0.29) is 11.9 Å². The molecule has 6 aromatic rings. The number of nitrogens with zero attached hydrogens (tertiary/aromatic N) is 4. The van der Waals surface area contributed by atoms with Gasteiger partial charge >= 0.3 is 11.9 Å². The van der Waals surface area contributed by atoms with Gasteiger partial charge in [-0.3, -0.25) is 9.13 Å². The van der Waals surface area contributed by atoms with Gasteiger partial charge in [-0.2, -0.15) is 0 Å². The topological polar surface area (TPSA) is 107 Å². The molecule has 1 aliphatic rings. The molecule has 1 saturated carbocycles. The quantitative estimate of drug-likeness (QED) is 0.190. The first-order valence-electron chi connectivity index (χ1n) is 14.4. The molecule has 45 heavy (non-hydrogen) atoms. The summed E-state index contributed by atoms with van der Waals surface area (Å²) >= 11 is 0. The molecule has 1 fully saturated rings. The van der Waals surface area contributed by atoms with Gasteiger partial charge in [0.2, 0.25) is 0 Å². The van der Waals surface area contributed by atoms with E-state index in [1.54, 1.807) is 44.8 Å². The third-order valence-corrected chi connectivity index (χ3v) is 7.69. The predicted molar refractivity (Wildman–Crippen MR) is 170 cm³/mol. The molecule has 10 nitrogen and oxygen atoms in total. The molecule has 228 valence electrons. The zero-order valence-electron chi connectivity index (χ0n) is 25.4. The van der Waals surface area contributed by atoms with Crippen LogP contribution in [0.4, 0.5) is 0 Å². The van der Waals surface area contributed by atoms with Crippen molar-refractivity contribution in [1.82, 2.24) is 19.1 Å². The van der Waals surface area contributed by atoms with Gasteiger partial charge in [-0.05, 0) is 97.8 Å². The van der Waals surface area contributed by atoms with E-state index in [2.05, 4.69) is 9.55 Å². The van der Waals surface area contributed by atoms with E-state index in [9.17, 15) is 9.59 Å². The third kappa shape index (κ3) is 5.95. The summed E-state index contributed by atoms with van der Waals surface area (Å²) < 4.78 is 24.0. The van der Waals surface area contributed by atoms with Crippen molar-refractivity contribution in [3.05, 3.63) is 108 Å². The largest absolute Gasteiger partial charge is 0.497 e. The van der Waals surface area contributed by atoms with E-state index in [1.165, 1.54) is 14.2 Å². The number of carbonyl (C=O) groups excluding carboxylic acids is 2. The Hall–Kier alpha value is -5.64. The maximum Gasteiger partial charge on any atom is 0.337 e. The number of ether oxygens (including phenoxy) is 4. The van der Waals surface area contributed by atoms with Gasteiger partial charge in [-0.25, -0.2) is 19.6 Å². The third-order valence-electron chi connectivity index (χ3n) is 7.69. The van der Waals surface area contributed by atoms with Crippen molar-refractivity contribution in [2.45, 2.75) is 18.8 Å². The van der Waals surface area contributed by atoms with Gasteiger partial charge in [-0.1, -0.05) is 0 Å². The predicted octanol–water partition coefficient (Wildman–Crippen LogP) is 6.52. The lowest BCUT2D eigenvalue weighted by molar-refractivity contribution is 0.0592. The van der Waals surface area contributed by atoms with Gasteiger partial charge in [-0.15, -0.1) is 0 Å². The molecule has 0 radical (unpaired) electrons. The summed E-state index contributed by atoms with van der Waals surface area (Å²) in [5.74, 6) is 2.46. The number of hydrogen-bond acceptors (Lipinski definition) is 8. The highest BCUT2D eigenvalue weighted by molar-refractivity contribution is 5.94. The Labute approximate surface area is 259 Å². The molecule has 0 aliphatic heterocycles. The van der Waals surface area contributed by atoms with Crippen LogP contribution < -0.4 is 9.47 Å². The van der Waals surface area contributed by atoms with Gasteiger partial charge in [0.1, 0.15) is 23.7 Å². The molecular formula is C35H32N4O6. The number of carbonyl (C=O) groups is 2. The highest BCUT2D eigenvalue weighted by Crippen LogP contribution is 2.42. The number of methoxy groups -OCH3 is 4. The van der Waals surface area contributed by atoms with Gasteiger partial charge < -0.3 is 18.9 Å². The standard InChI is InChI=1S/C19H18N2O3.C16H14N2O3/c1-23-15-8-6-14(7-9-15)21-17-10-5-13(19(22)24-2)11-16(17)20-18(21)12-3-4-12;1-20-13-6-4-12(5-7-13)18-10-17-14-9-11(16(19)21-2)3-8-15(14)18/h5-12H,3-4H2,1-2H3;3-10H,1-2H3. The summed E-state index contributed by atoms with van der Waals surface area (Å²) in [7, 11) is 6.04. The van der Waals surface area contributed by atoms with Crippen molar-refractivity contribution in [3.8, 4) is 22.9 Å². The molecule has 0 bridgehead atoms. The van der Waals surface area contributed by atoms with E-state index in [0.717, 1.165) is 63.6 Å². The molecule has 0 amide bonds. The Balaban J connectivity index is 0.000000160. The van der Waals surface area contributed by atoms with Crippen LogP contribution in [-0.4, -0.2) is 59.5 Å². The number of benzene rings is 4. The van der Waals surface area contributed by atoms with Crippen molar-refractivity contribution in [2.24, 2.45) is 0 Å². The first-order chi connectivity index (χ1) is 21.9. The summed E-state index contributed by atoms with van der Waals surface area (Å²) in [5, 5.41) is 0. The molecule has 0 unspecified atom stereocenters.